The van der Waals surface area contributed by atoms with Gasteiger partial charge in [-0.15, -0.1) is 0 Å². The minimum absolute atomic E-state index is 0.0579. The van der Waals surface area contributed by atoms with Crippen molar-refractivity contribution >= 4 is 52.5 Å². The Hall–Kier alpha value is -2.70. The fourth-order valence-corrected chi connectivity index (χ4v) is 2.92. The first-order valence-corrected chi connectivity index (χ1v) is 9.55. The zero-order chi connectivity index (χ0) is 21.6. The van der Waals surface area contributed by atoms with Gasteiger partial charge in [-0.1, -0.05) is 23.2 Å². The maximum atomic E-state index is 12.2. The number of rotatable bonds is 7. The van der Waals surface area contributed by atoms with Crippen LogP contribution in [0, 0.1) is 0 Å². The van der Waals surface area contributed by atoms with Gasteiger partial charge in [0.1, 0.15) is 0 Å². The molecule has 6 nitrogen and oxygen atoms in total. The van der Waals surface area contributed by atoms with Crippen molar-refractivity contribution in [2.24, 2.45) is 0 Å². The van der Waals surface area contributed by atoms with Gasteiger partial charge in [0.25, 0.3) is 0 Å². The molecule has 29 heavy (non-hydrogen) atoms. The topological polar surface area (TPSA) is 76.7 Å². The van der Waals surface area contributed by atoms with Crippen molar-refractivity contribution in [1.82, 2.24) is 0 Å². The Morgan fingerprint density at radius 2 is 1.79 bits per heavy atom. The lowest BCUT2D eigenvalue weighted by Gasteiger charge is -2.15. The highest BCUT2D eigenvalue weighted by Crippen LogP contribution is 2.37. The molecule has 0 fully saturated rings. The van der Waals surface area contributed by atoms with Crippen LogP contribution >= 0.6 is 23.2 Å². The lowest BCUT2D eigenvalue weighted by atomic mass is 10.1. The molecule has 0 heterocycles. The Kier molecular flexibility index (Phi) is 7.93. The van der Waals surface area contributed by atoms with E-state index in [0.29, 0.717) is 38.5 Å². The van der Waals surface area contributed by atoms with Crippen molar-refractivity contribution in [3.8, 4) is 11.5 Å². The van der Waals surface area contributed by atoms with Crippen molar-refractivity contribution in [2.75, 3.05) is 17.7 Å². The van der Waals surface area contributed by atoms with Crippen LogP contribution in [0.5, 0.6) is 11.5 Å². The lowest BCUT2D eigenvalue weighted by Crippen LogP contribution is -2.09. The number of hydrogen-bond donors (Lipinski definition) is 2. The predicted octanol–water partition coefficient (Wildman–Crippen LogP) is 5.40. The molecule has 0 bridgehead atoms. The highest BCUT2D eigenvalue weighted by Gasteiger charge is 2.13. The Bertz CT molecular complexity index is 943. The number of amides is 2. The summed E-state index contributed by atoms with van der Waals surface area (Å²) in [5.41, 5.74) is 1.64. The second kappa shape index (κ2) is 10.2. The highest BCUT2D eigenvalue weighted by molar-refractivity contribution is 6.34. The largest absolute Gasteiger partial charge is 0.493 e. The molecule has 0 spiro atoms. The summed E-state index contributed by atoms with van der Waals surface area (Å²) in [6.07, 6.45) is 2.91. The van der Waals surface area contributed by atoms with Crippen LogP contribution in [0.15, 0.2) is 36.4 Å². The third-order valence-electron chi connectivity index (χ3n) is 3.58. The third kappa shape index (κ3) is 6.69. The molecule has 0 radical (unpaired) electrons. The van der Waals surface area contributed by atoms with Gasteiger partial charge in [-0.25, -0.2) is 0 Å². The summed E-state index contributed by atoms with van der Waals surface area (Å²) in [4.78, 5) is 23.3. The van der Waals surface area contributed by atoms with Crippen LogP contribution in [-0.2, 0) is 9.59 Å². The number of carbonyl (C=O) groups excluding carboxylic acids is 2. The van der Waals surface area contributed by atoms with Gasteiger partial charge in [0.05, 0.1) is 28.9 Å². The molecule has 0 saturated heterocycles. The predicted molar refractivity (Wildman–Crippen MR) is 117 cm³/mol. The molecule has 8 heteroatoms. The first kappa shape index (κ1) is 22.6. The average molecular weight is 437 g/mol. The molecular formula is C21H22Cl2N2O4. The van der Waals surface area contributed by atoms with Gasteiger partial charge < -0.3 is 20.1 Å². The van der Waals surface area contributed by atoms with Crippen LogP contribution < -0.4 is 20.1 Å². The van der Waals surface area contributed by atoms with Gasteiger partial charge in [0.2, 0.25) is 11.8 Å². The number of nitrogens with one attached hydrogen (secondary N) is 2. The molecule has 0 aliphatic rings. The monoisotopic (exact) mass is 436 g/mol. The van der Waals surface area contributed by atoms with Crippen LogP contribution in [0.3, 0.4) is 0 Å². The van der Waals surface area contributed by atoms with Crippen molar-refractivity contribution in [1.29, 1.82) is 0 Å². The number of methoxy groups -OCH3 is 1. The number of halogens is 2. The summed E-state index contributed by atoms with van der Waals surface area (Å²) in [6.45, 7) is 5.17. The summed E-state index contributed by atoms with van der Waals surface area (Å²) in [7, 11) is 1.52. The zero-order valence-electron chi connectivity index (χ0n) is 16.5. The van der Waals surface area contributed by atoms with E-state index in [1.54, 1.807) is 36.4 Å². The first-order chi connectivity index (χ1) is 13.7. The van der Waals surface area contributed by atoms with Crippen LogP contribution in [0.4, 0.5) is 11.4 Å². The summed E-state index contributed by atoms with van der Waals surface area (Å²) < 4.78 is 11.0. The maximum absolute atomic E-state index is 12.2. The fraction of sp³-hybridized carbons (Fsp3) is 0.238. The molecule has 154 valence electrons. The van der Waals surface area contributed by atoms with Crippen LogP contribution in [0.2, 0.25) is 10.0 Å². The molecule has 0 saturated carbocycles. The number of ether oxygens (including phenoxy) is 2. The third-order valence-corrected chi connectivity index (χ3v) is 4.17. The summed E-state index contributed by atoms with van der Waals surface area (Å²) in [5, 5.41) is 6.01. The normalized spacial score (nSPS) is 10.9. The number of anilines is 2. The van der Waals surface area contributed by atoms with Gasteiger partial charge in [0, 0.05) is 18.7 Å². The van der Waals surface area contributed by atoms with E-state index in [-0.39, 0.29) is 17.9 Å². The Morgan fingerprint density at radius 3 is 2.38 bits per heavy atom. The molecule has 0 aromatic heterocycles. The first-order valence-electron chi connectivity index (χ1n) is 8.80. The maximum Gasteiger partial charge on any atom is 0.248 e. The Labute approximate surface area is 179 Å². The van der Waals surface area contributed by atoms with E-state index in [1.165, 1.54) is 20.1 Å². The van der Waals surface area contributed by atoms with E-state index in [9.17, 15) is 9.59 Å². The summed E-state index contributed by atoms with van der Waals surface area (Å²) in [6, 6.07) is 8.22. The molecule has 0 atom stereocenters. The van der Waals surface area contributed by atoms with Gasteiger partial charge in [-0.3, -0.25) is 9.59 Å². The van der Waals surface area contributed by atoms with E-state index < -0.39 is 0 Å². The van der Waals surface area contributed by atoms with E-state index in [1.807, 2.05) is 13.8 Å². The molecule has 0 aliphatic carbocycles. The quantitative estimate of drug-likeness (QED) is 0.569. The molecule has 2 N–H and O–H groups in total. The molecule has 2 aromatic carbocycles. The minimum Gasteiger partial charge on any atom is -0.493 e. The molecule has 0 unspecified atom stereocenters. The summed E-state index contributed by atoms with van der Waals surface area (Å²) >= 11 is 12.4. The molecule has 2 amide bonds. The number of hydrogen-bond acceptors (Lipinski definition) is 4. The molecule has 2 aromatic rings. The Balaban J connectivity index is 2.11. The number of benzene rings is 2. The van der Waals surface area contributed by atoms with E-state index in [4.69, 9.17) is 32.7 Å². The molecule has 0 aliphatic heterocycles. The van der Waals surface area contributed by atoms with Crippen LogP contribution in [0.1, 0.15) is 26.3 Å². The van der Waals surface area contributed by atoms with E-state index >= 15 is 0 Å². The second-order valence-electron chi connectivity index (χ2n) is 6.40. The van der Waals surface area contributed by atoms with E-state index in [2.05, 4.69) is 10.6 Å². The zero-order valence-corrected chi connectivity index (χ0v) is 18.0. The van der Waals surface area contributed by atoms with Crippen molar-refractivity contribution in [2.45, 2.75) is 26.9 Å². The van der Waals surface area contributed by atoms with Gasteiger partial charge in [-0.05, 0) is 55.8 Å². The van der Waals surface area contributed by atoms with Gasteiger partial charge in [-0.2, -0.15) is 0 Å². The van der Waals surface area contributed by atoms with E-state index in [0.717, 1.165) is 0 Å². The van der Waals surface area contributed by atoms with Crippen molar-refractivity contribution in [3.05, 3.63) is 52.0 Å². The molecule has 2 rings (SSSR count). The average Bonchev–Trinajstić information content (AvgIpc) is 2.63. The SMILES string of the molecule is COc1cc(/C=C/C(=O)Nc2ccc(NC(C)=O)c(Cl)c2)cc(Cl)c1OC(C)C. The smallest absolute Gasteiger partial charge is 0.248 e. The minimum atomic E-state index is -0.356. The second-order valence-corrected chi connectivity index (χ2v) is 7.21. The fourth-order valence-electron chi connectivity index (χ4n) is 2.43. The number of carbonyl (C=O) groups is 2. The van der Waals surface area contributed by atoms with Gasteiger partial charge in [0.15, 0.2) is 11.5 Å². The van der Waals surface area contributed by atoms with Gasteiger partial charge >= 0.3 is 0 Å². The van der Waals surface area contributed by atoms with Crippen LogP contribution in [-0.4, -0.2) is 25.0 Å². The Morgan fingerprint density at radius 1 is 1.07 bits per heavy atom. The van der Waals surface area contributed by atoms with Crippen molar-refractivity contribution < 1.29 is 19.1 Å². The molecular weight excluding hydrogens is 415 g/mol. The van der Waals surface area contributed by atoms with Crippen molar-refractivity contribution in [3.63, 3.8) is 0 Å². The van der Waals surface area contributed by atoms with Crippen LogP contribution in [0.25, 0.3) is 6.08 Å². The summed E-state index contributed by atoms with van der Waals surface area (Å²) in [5.74, 6) is 0.350. The highest BCUT2D eigenvalue weighted by atomic mass is 35.5. The standard InChI is InChI=1S/C21H22Cl2N2O4/c1-12(2)29-21-17(23)9-14(10-19(21)28-4)5-8-20(27)25-15-6-7-18(16(22)11-15)24-13(3)26/h5-12H,1-4H3,(H,24,26)(H,25,27)/b8-5+. The lowest BCUT2D eigenvalue weighted by molar-refractivity contribution is -0.114.